The van der Waals surface area contributed by atoms with Crippen molar-refractivity contribution in [1.29, 1.82) is 0 Å². The third kappa shape index (κ3) is 3.69. The Morgan fingerprint density at radius 1 is 1.11 bits per heavy atom. The Morgan fingerprint density at radius 3 is 2.68 bits per heavy atom. The molecule has 0 saturated carbocycles. The molecular formula is C24H25NO2S. The number of benzene rings is 2. The van der Waals surface area contributed by atoms with Crippen molar-refractivity contribution >= 4 is 22.9 Å². The number of aryl methyl sites for hydroxylation is 4. The van der Waals surface area contributed by atoms with Crippen LogP contribution in [0.1, 0.15) is 43.9 Å². The summed E-state index contributed by atoms with van der Waals surface area (Å²) in [6, 6.07) is 14.5. The standard InChI is InChI=1S/C24H25NO2S/c1-16-9-10-21-20(12-16)8-5-11-25(21)24(26)22-13-19(15-28-22)14-27-23-17(2)6-4-7-18(23)3/h4,6-7,9-10,12-13,15H,5,8,11,14H2,1-3H3. The fourth-order valence-corrected chi connectivity index (χ4v) is 4.66. The highest BCUT2D eigenvalue weighted by atomic mass is 32.1. The predicted molar refractivity (Wildman–Crippen MR) is 116 cm³/mol. The zero-order chi connectivity index (χ0) is 19.7. The van der Waals surface area contributed by atoms with Gasteiger partial charge in [0.05, 0.1) is 4.88 Å². The summed E-state index contributed by atoms with van der Waals surface area (Å²) in [5, 5.41) is 2.03. The van der Waals surface area contributed by atoms with Crippen LogP contribution in [0.3, 0.4) is 0 Å². The van der Waals surface area contributed by atoms with E-state index in [1.54, 1.807) is 0 Å². The first-order valence-corrected chi connectivity index (χ1v) is 10.6. The van der Waals surface area contributed by atoms with E-state index < -0.39 is 0 Å². The monoisotopic (exact) mass is 391 g/mol. The summed E-state index contributed by atoms with van der Waals surface area (Å²) in [7, 11) is 0. The van der Waals surface area contributed by atoms with Gasteiger partial charge in [-0.25, -0.2) is 0 Å². The number of para-hydroxylation sites is 1. The Hall–Kier alpha value is -2.59. The first-order chi connectivity index (χ1) is 13.5. The lowest BCUT2D eigenvalue weighted by atomic mass is 9.99. The highest BCUT2D eigenvalue weighted by Crippen LogP contribution is 2.31. The molecule has 144 valence electrons. The molecule has 3 aromatic rings. The van der Waals surface area contributed by atoms with E-state index in [2.05, 4.69) is 51.1 Å². The van der Waals surface area contributed by atoms with Crippen molar-refractivity contribution in [3.8, 4) is 5.75 Å². The van der Waals surface area contributed by atoms with E-state index in [1.807, 2.05) is 22.4 Å². The van der Waals surface area contributed by atoms with E-state index in [0.717, 1.165) is 52.4 Å². The van der Waals surface area contributed by atoms with E-state index in [-0.39, 0.29) is 5.91 Å². The molecule has 0 unspecified atom stereocenters. The fourth-order valence-electron chi connectivity index (χ4n) is 3.82. The molecule has 1 aliphatic rings. The molecule has 3 nitrogen and oxygen atoms in total. The molecule has 4 rings (SSSR count). The minimum atomic E-state index is 0.0909. The number of ether oxygens (including phenoxy) is 1. The largest absolute Gasteiger partial charge is 0.488 e. The Balaban J connectivity index is 1.50. The second-order valence-corrected chi connectivity index (χ2v) is 8.43. The van der Waals surface area contributed by atoms with Crippen LogP contribution >= 0.6 is 11.3 Å². The van der Waals surface area contributed by atoms with Crippen LogP contribution in [-0.2, 0) is 13.0 Å². The minimum absolute atomic E-state index is 0.0909. The highest BCUT2D eigenvalue weighted by molar-refractivity contribution is 7.12. The zero-order valence-corrected chi connectivity index (χ0v) is 17.4. The molecule has 0 atom stereocenters. The van der Waals surface area contributed by atoms with Crippen molar-refractivity contribution in [3.05, 3.63) is 80.5 Å². The number of carbonyl (C=O) groups excluding carboxylic acids is 1. The lowest BCUT2D eigenvalue weighted by molar-refractivity contribution is 0.0989. The van der Waals surface area contributed by atoms with Crippen LogP contribution in [0.15, 0.2) is 47.8 Å². The van der Waals surface area contributed by atoms with Crippen LogP contribution in [0, 0.1) is 20.8 Å². The van der Waals surface area contributed by atoms with Gasteiger partial charge in [-0.3, -0.25) is 4.79 Å². The molecule has 2 heterocycles. The van der Waals surface area contributed by atoms with Gasteiger partial charge in [0.1, 0.15) is 12.4 Å². The maximum atomic E-state index is 13.1. The van der Waals surface area contributed by atoms with E-state index in [9.17, 15) is 4.79 Å². The summed E-state index contributed by atoms with van der Waals surface area (Å²) in [5.74, 6) is 1.02. The Kier molecular flexibility index (Phi) is 5.23. The van der Waals surface area contributed by atoms with E-state index >= 15 is 0 Å². The molecule has 28 heavy (non-hydrogen) atoms. The Bertz CT molecular complexity index is 1000. The average Bonchev–Trinajstić information content (AvgIpc) is 3.15. The first kappa shape index (κ1) is 18.8. The summed E-state index contributed by atoms with van der Waals surface area (Å²) in [6.07, 6.45) is 2.05. The summed E-state index contributed by atoms with van der Waals surface area (Å²) in [6.45, 7) is 7.47. The molecule has 0 bridgehead atoms. The number of thiophene rings is 1. The lowest BCUT2D eigenvalue weighted by Crippen LogP contribution is -2.35. The van der Waals surface area contributed by atoms with Crippen LogP contribution in [0.25, 0.3) is 0 Å². The molecule has 0 saturated heterocycles. The molecule has 0 spiro atoms. The van der Waals surface area contributed by atoms with Gasteiger partial charge in [-0.1, -0.05) is 35.9 Å². The van der Waals surface area contributed by atoms with Gasteiger partial charge in [-0.15, -0.1) is 11.3 Å². The quantitative estimate of drug-likeness (QED) is 0.559. The van der Waals surface area contributed by atoms with Gasteiger partial charge in [0.2, 0.25) is 0 Å². The number of amides is 1. The van der Waals surface area contributed by atoms with Gasteiger partial charge >= 0.3 is 0 Å². The van der Waals surface area contributed by atoms with E-state index in [0.29, 0.717) is 6.61 Å². The zero-order valence-electron chi connectivity index (χ0n) is 16.6. The van der Waals surface area contributed by atoms with Gasteiger partial charge in [0.25, 0.3) is 5.91 Å². The molecular weight excluding hydrogens is 366 g/mol. The summed E-state index contributed by atoms with van der Waals surface area (Å²) in [4.78, 5) is 15.8. The summed E-state index contributed by atoms with van der Waals surface area (Å²) >= 11 is 1.50. The van der Waals surface area contributed by atoms with Crippen LogP contribution in [-0.4, -0.2) is 12.5 Å². The van der Waals surface area contributed by atoms with Gasteiger partial charge < -0.3 is 9.64 Å². The molecule has 1 amide bonds. The van der Waals surface area contributed by atoms with Gasteiger partial charge in [-0.05, 0) is 67.8 Å². The minimum Gasteiger partial charge on any atom is -0.488 e. The van der Waals surface area contributed by atoms with E-state index in [4.69, 9.17) is 4.74 Å². The van der Waals surface area contributed by atoms with Crippen LogP contribution in [0.2, 0.25) is 0 Å². The molecule has 0 radical (unpaired) electrons. The predicted octanol–water partition coefficient (Wildman–Crippen LogP) is 5.85. The molecule has 0 aliphatic carbocycles. The second kappa shape index (κ2) is 7.80. The van der Waals surface area contributed by atoms with Gasteiger partial charge in [-0.2, -0.15) is 0 Å². The molecule has 1 aliphatic heterocycles. The average molecular weight is 392 g/mol. The smallest absolute Gasteiger partial charge is 0.268 e. The SMILES string of the molecule is Cc1ccc2c(c1)CCCN2C(=O)c1cc(COc2c(C)cccc2C)cs1. The van der Waals surface area contributed by atoms with Crippen molar-refractivity contribution in [2.45, 2.75) is 40.2 Å². The Labute approximate surface area is 170 Å². The van der Waals surface area contributed by atoms with Gasteiger partial charge in [0.15, 0.2) is 0 Å². The number of carbonyl (C=O) groups is 1. The Morgan fingerprint density at radius 2 is 1.89 bits per heavy atom. The van der Waals surface area contributed by atoms with Crippen LogP contribution in [0.5, 0.6) is 5.75 Å². The maximum absolute atomic E-state index is 13.1. The van der Waals surface area contributed by atoms with Crippen molar-refractivity contribution < 1.29 is 9.53 Å². The first-order valence-electron chi connectivity index (χ1n) is 9.71. The number of fused-ring (bicyclic) bond motifs is 1. The van der Waals surface area contributed by atoms with Crippen molar-refractivity contribution in [1.82, 2.24) is 0 Å². The molecule has 0 fully saturated rings. The molecule has 0 N–H and O–H groups in total. The van der Waals surface area contributed by atoms with Crippen molar-refractivity contribution in [3.63, 3.8) is 0 Å². The summed E-state index contributed by atoms with van der Waals surface area (Å²) < 4.78 is 6.04. The number of hydrogen-bond donors (Lipinski definition) is 0. The van der Waals surface area contributed by atoms with Crippen molar-refractivity contribution in [2.24, 2.45) is 0 Å². The van der Waals surface area contributed by atoms with Crippen LogP contribution < -0.4 is 9.64 Å². The van der Waals surface area contributed by atoms with E-state index in [1.165, 1.54) is 22.5 Å². The third-order valence-electron chi connectivity index (χ3n) is 5.26. The summed E-state index contributed by atoms with van der Waals surface area (Å²) in [5.41, 5.74) is 6.88. The maximum Gasteiger partial charge on any atom is 0.268 e. The van der Waals surface area contributed by atoms with Crippen molar-refractivity contribution in [2.75, 3.05) is 11.4 Å². The van der Waals surface area contributed by atoms with Gasteiger partial charge in [0, 0.05) is 17.8 Å². The third-order valence-corrected chi connectivity index (χ3v) is 6.22. The number of nitrogens with zero attached hydrogens (tertiary/aromatic N) is 1. The normalized spacial score (nSPS) is 13.3. The number of rotatable bonds is 4. The van der Waals surface area contributed by atoms with Crippen LogP contribution in [0.4, 0.5) is 5.69 Å². The lowest BCUT2D eigenvalue weighted by Gasteiger charge is -2.29. The molecule has 2 aromatic carbocycles. The topological polar surface area (TPSA) is 29.5 Å². The fraction of sp³-hybridized carbons (Fsp3) is 0.292. The number of hydrogen-bond acceptors (Lipinski definition) is 3. The highest BCUT2D eigenvalue weighted by Gasteiger charge is 2.24. The second-order valence-electron chi connectivity index (χ2n) is 7.52. The number of anilines is 1. The molecule has 1 aromatic heterocycles. The molecule has 4 heteroatoms.